The summed E-state index contributed by atoms with van der Waals surface area (Å²) in [7, 11) is 3.52. The molecule has 4 heterocycles. The number of aromatic nitrogens is 4. The fourth-order valence-electron chi connectivity index (χ4n) is 4.75. The molecule has 0 radical (unpaired) electrons. The van der Waals surface area contributed by atoms with Gasteiger partial charge < -0.3 is 20.1 Å². The van der Waals surface area contributed by atoms with Crippen LogP contribution in [0, 0.1) is 6.92 Å². The number of amides is 3. The van der Waals surface area contributed by atoms with Gasteiger partial charge in [0.15, 0.2) is 0 Å². The third kappa shape index (κ3) is 5.62. The molecule has 2 N–H and O–H groups in total. The Bertz CT molecular complexity index is 1600. The van der Waals surface area contributed by atoms with Gasteiger partial charge >= 0.3 is 6.03 Å². The summed E-state index contributed by atoms with van der Waals surface area (Å²) in [5.74, 6) is 0.0545. The van der Waals surface area contributed by atoms with E-state index in [1.807, 2.05) is 25.3 Å². The monoisotopic (exact) mass is 557 g/mol. The molecule has 5 rings (SSSR count). The van der Waals surface area contributed by atoms with Gasteiger partial charge in [-0.15, -0.1) is 11.3 Å². The lowest BCUT2D eigenvalue weighted by atomic mass is 9.98. The number of allylic oxidation sites excluding steroid dienone is 1. The molecule has 0 saturated heterocycles. The van der Waals surface area contributed by atoms with Crippen LogP contribution in [-0.4, -0.2) is 62.3 Å². The number of aromatic amines is 1. The molecule has 10 heteroatoms. The highest BCUT2D eigenvalue weighted by Crippen LogP contribution is 2.32. The summed E-state index contributed by atoms with van der Waals surface area (Å²) in [6.45, 7) is 9.41. The minimum atomic E-state index is -0.111. The molecule has 1 aliphatic heterocycles. The molecule has 9 nitrogen and oxygen atoms in total. The Morgan fingerprint density at radius 1 is 1.18 bits per heavy atom. The number of fused-ring (bicyclic) bond motifs is 1. The molecule has 0 fully saturated rings. The number of aryl methyl sites for hydroxylation is 1. The van der Waals surface area contributed by atoms with Crippen LogP contribution in [0.5, 0.6) is 0 Å². The highest BCUT2D eigenvalue weighted by Gasteiger charge is 2.23. The second-order valence-corrected chi connectivity index (χ2v) is 12.5. The zero-order chi connectivity index (χ0) is 28.6. The van der Waals surface area contributed by atoms with Crippen LogP contribution in [0.1, 0.15) is 64.6 Å². The number of nitrogens with zero attached hydrogens (tertiary/aromatic N) is 5. The fraction of sp³-hybridized carbons (Fsp3) is 0.367. The van der Waals surface area contributed by atoms with E-state index in [1.165, 1.54) is 11.3 Å². The number of urea groups is 1. The average Bonchev–Trinajstić information content (AvgIpc) is 3.60. The first kappa shape index (κ1) is 27.5. The molecule has 208 valence electrons. The van der Waals surface area contributed by atoms with Gasteiger partial charge in [-0.25, -0.2) is 19.7 Å². The normalized spacial score (nSPS) is 15.4. The van der Waals surface area contributed by atoms with Crippen LogP contribution in [-0.2, 0) is 12.0 Å². The summed E-state index contributed by atoms with van der Waals surface area (Å²) in [4.78, 5) is 45.9. The molecule has 1 aliphatic rings. The van der Waals surface area contributed by atoms with E-state index in [9.17, 15) is 9.59 Å². The maximum Gasteiger partial charge on any atom is 0.323 e. The van der Waals surface area contributed by atoms with Crippen molar-refractivity contribution in [2.24, 2.45) is 0 Å². The van der Waals surface area contributed by atoms with E-state index in [2.05, 4.69) is 64.2 Å². The molecule has 3 aromatic heterocycles. The van der Waals surface area contributed by atoms with Crippen LogP contribution in [0.25, 0.3) is 22.3 Å². The van der Waals surface area contributed by atoms with Gasteiger partial charge in [-0.1, -0.05) is 39.0 Å². The number of nitrogens with one attached hydrogen (secondary N) is 2. The highest BCUT2D eigenvalue weighted by atomic mass is 32.1. The van der Waals surface area contributed by atoms with Gasteiger partial charge in [-0.05, 0) is 36.6 Å². The number of benzene rings is 1. The fourth-order valence-corrected chi connectivity index (χ4v) is 5.64. The minimum Gasteiger partial charge on any atom is -0.347 e. The predicted molar refractivity (Wildman–Crippen MR) is 158 cm³/mol. The summed E-state index contributed by atoms with van der Waals surface area (Å²) in [5.41, 5.74) is 5.72. The summed E-state index contributed by atoms with van der Waals surface area (Å²) in [6, 6.07) is 8.29. The number of rotatable bonds is 5. The van der Waals surface area contributed by atoms with Crippen molar-refractivity contribution in [1.82, 2.24) is 35.1 Å². The lowest BCUT2D eigenvalue weighted by molar-refractivity contribution is 0.0954. The molecule has 0 aliphatic carbocycles. The lowest BCUT2D eigenvalue weighted by Crippen LogP contribution is -2.38. The van der Waals surface area contributed by atoms with Crippen LogP contribution in [0.2, 0.25) is 0 Å². The Kier molecular flexibility index (Phi) is 7.46. The zero-order valence-corrected chi connectivity index (χ0v) is 24.6. The maximum atomic E-state index is 12.7. The van der Waals surface area contributed by atoms with E-state index < -0.39 is 0 Å². The van der Waals surface area contributed by atoms with Crippen molar-refractivity contribution < 1.29 is 9.59 Å². The summed E-state index contributed by atoms with van der Waals surface area (Å²) in [6.07, 6.45) is 7.99. The molecule has 4 aromatic rings. The third-order valence-corrected chi connectivity index (χ3v) is 8.50. The highest BCUT2D eigenvalue weighted by molar-refractivity contribution is 7.13. The van der Waals surface area contributed by atoms with E-state index in [0.717, 1.165) is 50.5 Å². The summed E-state index contributed by atoms with van der Waals surface area (Å²) >= 11 is 1.44. The van der Waals surface area contributed by atoms with Crippen molar-refractivity contribution in [2.45, 2.75) is 52.0 Å². The maximum absolute atomic E-state index is 12.7. The summed E-state index contributed by atoms with van der Waals surface area (Å²) < 4.78 is 0. The van der Waals surface area contributed by atoms with Gasteiger partial charge in [0.05, 0.1) is 16.9 Å². The number of hydrogen-bond donors (Lipinski definition) is 2. The van der Waals surface area contributed by atoms with Crippen molar-refractivity contribution in [1.29, 1.82) is 0 Å². The van der Waals surface area contributed by atoms with Gasteiger partial charge in [-0.3, -0.25) is 4.79 Å². The number of thiazole rings is 1. The molecule has 0 bridgehead atoms. The third-order valence-electron chi connectivity index (χ3n) is 7.08. The Balaban J connectivity index is 1.31. The first-order valence-corrected chi connectivity index (χ1v) is 14.2. The number of carbonyl (C=O) groups is 2. The summed E-state index contributed by atoms with van der Waals surface area (Å²) in [5, 5.41) is 4.94. The molecule has 1 aromatic carbocycles. The topological polar surface area (TPSA) is 107 Å². The average molecular weight is 558 g/mol. The van der Waals surface area contributed by atoms with Crippen molar-refractivity contribution in [3.05, 3.63) is 75.8 Å². The standard InChI is InChI=1S/C30H35N7O2S/c1-18-13-20(7-8-21(18)15-31-27(38)24-16-32-28(40-24)30(2,3)4)25-22-14-23(35-26(22)34-17-33-25)19-9-11-37(12-10-19)29(39)36(5)6/h7-9,11,13-14,16-17,19H,10,12,15H2,1-6H3,(H,31,38)(H,33,34,35). The van der Waals surface area contributed by atoms with Gasteiger partial charge in [0.2, 0.25) is 0 Å². The molecule has 1 unspecified atom stereocenters. The van der Waals surface area contributed by atoms with Gasteiger partial charge in [-0.2, -0.15) is 0 Å². The van der Waals surface area contributed by atoms with Gasteiger partial charge in [0, 0.05) is 61.4 Å². The van der Waals surface area contributed by atoms with Crippen LogP contribution in [0.4, 0.5) is 4.79 Å². The first-order valence-electron chi connectivity index (χ1n) is 13.4. The molecule has 0 spiro atoms. The number of H-pyrrole nitrogens is 1. The van der Waals surface area contributed by atoms with Crippen molar-refractivity contribution in [3.8, 4) is 11.3 Å². The van der Waals surface area contributed by atoms with Crippen LogP contribution >= 0.6 is 11.3 Å². The van der Waals surface area contributed by atoms with E-state index in [4.69, 9.17) is 0 Å². The van der Waals surface area contributed by atoms with Crippen molar-refractivity contribution in [3.63, 3.8) is 0 Å². The quantitative estimate of drug-likeness (QED) is 0.332. The molecular formula is C30H35N7O2S. The van der Waals surface area contributed by atoms with Crippen LogP contribution in [0.3, 0.4) is 0 Å². The van der Waals surface area contributed by atoms with Crippen LogP contribution in [0.15, 0.2) is 49.1 Å². The Morgan fingerprint density at radius 2 is 1.98 bits per heavy atom. The first-order chi connectivity index (χ1) is 19.0. The Morgan fingerprint density at radius 3 is 2.62 bits per heavy atom. The second kappa shape index (κ2) is 10.8. The van der Waals surface area contributed by atoms with Gasteiger partial charge in [0.25, 0.3) is 5.91 Å². The Labute approximate surface area is 238 Å². The zero-order valence-electron chi connectivity index (χ0n) is 23.8. The largest absolute Gasteiger partial charge is 0.347 e. The molecule has 1 atom stereocenters. The number of carbonyl (C=O) groups excluding carboxylic acids is 2. The molecular weight excluding hydrogens is 522 g/mol. The van der Waals surface area contributed by atoms with E-state index >= 15 is 0 Å². The molecule has 40 heavy (non-hydrogen) atoms. The van der Waals surface area contributed by atoms with Gasteiger partial charge in [0.1, 0.15) is 16.9 Å². The SMILES string of the molecule is Cc1cc(-c2ncnc3[nH]c(C4C=CN(C(=O)N(C)C)CC4)cc23)ccc1CNC(=O)c1cnc(C(C)(C)C)s1. The second-order valence-electron chi connectivity index (χ2n) is 11.4. The lowest BCUT2D eigenvalue weighted by Gasteiger charge is -2.28. The van der Waals surface area contributed by atoms with E-state index in [0.29, 0.717) is 18.0 Å². The minimum absolute atomic E-state index is 0.0175. The predicted octanol–water partition coefficient (Wildman–Crippen LogP) is 5.60. The Hall–Kier alpha value is -4.05. The smallest absolute Gasteiger partial charge is 0.323 e. The molecule has 3 amide bonds. The number of hydrogen-bond acceptors (Lipinski definition) is 6. The van der Waals surface area contributed by atoms with E-state index in [-0.39, 0.29) is 23.3 Å². The molecule has 0 saturated carbocycles. The van der Waals surface area contributed by atoms with Crippen molar-refractivity contribution in [2.75, 3.05) is 20.6 Å². The van der Waals surface area contributed by atoms with Crippen LogP contribution < -0.4 is 5.32 Å². The van der Waals surface area contributed by atoms with E-state index in [1.54, 1.807) is 36.4 Å². The van der Waals surface area contributed by atoms with Crippen molar-refractivity contribution >= 4 is 34.3 Å².